The van der Waals surface area contributed by atoms with Crippen molar-refractivity contribution in [3.8, 4) is 5.75 Å². The van der Waals surface area contributed by atoms with Gasteiger partial charge in [-0.25, -0.2) is 0 Å². The molecule has 1 saturated heterocycles. The number of para-hydroxylation sites is 1. The highest BCUT2D eigenvalue weighted by Gasteiger charge is 2.31. The number of aryl methyl sites for hydroxylation is 2. The van der Waals surface area contributed by atoms with E-state index in [-0.39, 0.29) is 12.5 Å². The van der Waals surface area contributed by atoms with E-state index in [1.165, 1.54) is 4.90 Å². The summed E-state index contributed by atoms with van der Waals surface area (Å²) in [4.78, 5) is 14.3. The van der Waals surface area contributed by atoms with Crippen LogP contribution in [0, 0.1) is 6.92 Å². The summed E-state index contributed by atoms with van der Waals surface area (Å²) in [6, 6.07) is 9.15. The van der Waals surface area contributed by atoms with E-state index in [4.69, 9.17) is 33.0 Å². The SMILES string of the molecule is CCn1cc(CN2C(=O)/C(=C\c3ccc(COc4c(C)cccc4Cl)o3)NC2=S)cn1. The summed E-state index contributed by atoms with van der Waals surface area (Å²) in [5, 5.41) is 8.09. The number of benzene rings is 1. The minimum Gasteiger partial charge on any atom is -0.484 e. The quantitative estimate of drug-likeness (QED) is 0.422. The lowest BCUT2D eigenvalue weighted by Gasteiger charge is -2.12. The van der Waals surface area contributed by atoms with E-state index in [0.29, 0.717) is 39.6 Å². The highest BCUT2D eigenvalue weighted by atomic mass is 35.5. The van der Waals surface area contributed by atoms with Gasteiger partial charge in [-0.15, -0.1) is 0 Å². The van der Waals surface area contributed by atoms with Gasteiger partial charge >= 0.3 is 0 Å². The second-order valence-corrected chi connectivity index (χ2v) is 7.86. The van der Waals surface area contributed by atoms with E-state index in [0.717, 1.165) is 17.7 Å². The molecule has 0 bridgehead atoms. The predicted molar refractivity (Wildman–Crippen MR) is 121 cm³/mol. The first-order valence-electron chi connectivity index (χ1n) is 9.77. The third-order valence-electron chi connectivity index (χ3n) is 4.81. The van der Waals surface area contributed by atoms with Crippen LogP contribution in [-0.2, 0) is 24.5 Å². The van der Waals surface area contributed by atoms with Gasteiger partial charge in [-0.05, 0) is 49.8 Å². The number of nitrogens with zero attached hydrogens (tertiary/aromatic N) is 3. The van der Waals surface area contributed by atoms with Crippen molar-refractivity contribution in [1.82, 2.24) is 20.0 Å². The molecule has 2 aromatic heterocycles. The summed E-state index contributed by atoms with van der Waals surface area (Å²) >= 11 is 11.5. The van der Waals surface area contributed by atoms with E-state index < -0.39 is 0 Å². The highest BCUT2D eigenvalue weighted by Crippen LogP contribution is 2.29. The summed E-state index contributed by atoms with van der Waals surface area (Å²) in [5.41, 5.74) is 2.21. The molecule has 3 aromatic rings. The third kappa shape index (κ3) is 4.65. The average Bonchev–Trinajstić information content (AvgIpc) is 3.45. The maximum atomic E-state index is 12.8. The molecule has 1 aliphatic heterocycles. The number of nitrogens with one attached hydrogen (secondary N) is 1. The van der Waals surface area contributed by atoms with Crippen LogP contribution in [0.25, 0.3) is 6.08 Å². The first-order valence-corrected chi connectivity index (χ1v) is 10.6. The average molecular weight is 457 g/mol. The highest BCUT2D eigenvalue weighted by molar-refractivity contribution is 7.80. The Balaban J connectivity index is 1.42. The standard InChI is InChI=1S/C22H21ClN4O3S/c1-3-26-11-15(10-24-26)12-27-21(28)19(25-22(27)31)9-16-7-8-17(30-16)13-29-20-14(2)5-4-6-18(20)23/h4-11H,3,12-13H2,1-2H3,(H,25,31)/b19-9+. The molecule has 1 fully saturated rings. The van der Waals surface area contributed by atoms with Gasteiger partial charge in [0.1, 0.15) is 29.6 Å². The molecule has 0 unspecified atom stereocenters. The van der Waals surface area contributed by atoms with Crippen molar-refractivity contribution in [1.29, 1.82) is 0 Å². The summed E-state index contributed by atoms with van der Waals surface area (Å²) in [5.74, 6) is 1.55. The summed E-state index contributed by atoms with van der Waals surface area (Å²) in [6.07, 6.45) is 5.27. The number of ether oxygens (including phenoxy) is 1. The summed E-state index contributed by atoms with van der Waals surface area (Å²) in [7, 11) is 0. The Morgan fingerprint density at radius 3 is 2.90 bits per heavy atom. The Morgan fingerprint density at radius 1 is 1.32 bits per heavy atom. The number of thiocarbonyl (C=S) groups is 1. The molecule has 1 amide bonds. The maximum absolute atomic E-state index is 12.8. The topological polar surface area (TPSA) is 72.5 Å². The van der Waals surface area contributed by atoms with Crippen LogP contribution in [0.15, 0.2) is 52.8 Å². The van der Waals surface area contributed by atoms with Gasteiger partial charge in [0.05, 0.1) is 17.8 Å². The van der Waals surface area contributed by atoms with Crippen molar-refractivity contribution in [3.63, 3.8) is 0 Å². The van der Waals surface area contributed by atoms with Crippen LogP contribution in [0.1, 0.15) is 29.6 Å². The van der Waals surface area contributed by atoms with Crippen molar-refractivity contribution in [3.05, 3.63) is 76.1 Å². The van der Waals surface area contributed by atoms with E-state index >= 15 is 0 Å². The van der Waals surface area contributed by atoms with Crippen LogP contribution in [0.5, 0.6) is 5.75 Å². The molecule has 1 aliphatic rings. The Kier molecular flexibility index (Phi) is 6.11. The monoisotopic (exact) mass is 456 g/mol. The molecule has 0 aliphatic carbocycles. The van der Waals surface area contributed by atoms with Crippen molar-refractivity contribution < 1.29 is 13.9 Å². The van der Waals surface area contributed by atoms with Gasteiger partial charge in [-0.2, -0.15) is 5.10 Å². The molecule has 4 rings (SSSR count). The number of halogens is 1. The van der Waals surface area contributed by atoms with Gasteiger partial charge in [-0.1, -0.05) is 23.7 Å². The Labute approximate surface area is 190 Å². The number of furan rings is 1. The van der Waals surface area contributed by atoms with Crippen molar-refractivity contribution in [2.75, 3.05) is 0 Å². The lowest BCUT2D eigenvalue weighted by molar-refractivity contribution is -0.122. The van der Waals surface area contributed by atoms with E-state index in [9.17, 15) is 4.79 Å². The van der Waals surface area contributed by atoms with Crippen LogP contribution in [0.3, 0.4) is 0 Å². The molecule has 1 N–H and O–H groups in total. The largest absolute Gasteiger partial charge is 0.484 e. The zero-order valence-electron chi connectivity index (χ0n) is 17.1. The molecule has 0 atom stereocenters. The van der Waals surface area contributed by atoms with E-state index in [1.54, 1.807) is 35.2 Å². The summed E-state index contributed by atoms with van der Waals surface area (Å²) in [6.45, 7) is 5.28. The first kappa shape index (κ1) is 21.1. The molecule has 0 spiro atoms. The number of rotatable bonds is 7. The number of amides is 1. The lowest BCUT2D eigenvalue weighted by Crippen LogP contribution is -2.29. The Bertz CT molecular complexity index is 1150. The predicted octanol–water partition coefficient (Wildman–Crippen LogP) is 4.29. The van der Waals surface area contributed by atoms with Crippen molar-refractivity contribution in [2.24, 2.45) is 0 Å². The third-order valence-corrected chi connectivity index (χ3v) is 5.43. The minimum absolute atomic E-state index is 0.213. The maximum Gasteiger partial charge on any atom is 0.276 e. The fourth-order valence-corrected chi connectivity index (χ4v) is 3.73. The number of carbonyl (C=O) groups is 1. The van der Waals surface area contributed by atoms with Crippen LogP contribution in [0.4, 0.5) is 0 Å². The molecular weight excluding hydrogens is 436 g/mol. The number of hydrogen-bond acceptors (Lipinski definition) is 5. The fraction of sp³-hybridized carbons (Fsp3) is 0.227. The second-order valence-electron chi connectivity index (χ2n) is 7.06. The first-order chi connectivity index (χ1) is 14.9. The molecular formula is C22H21ClN4O3S. The van der Waals surface area contributed by atoms with Crippen LogP contribution in [-0.4, -0.2) is 25.7 Å². The molecule has 31 heavy (non-hydrogen) atoms. The zero-order valence-corrected chi connectivity index (χ0v) is 18.7. The van der Waals surface area contributed by atoms with E-state index in [2.05, 4.69) is 10.4 Å². The van der Waals surface area contributed by atoms with Gasteiger partial charge in [0.25, 0.3) is 5.91 Å². The minimum atomic E-state index is -0.213. The molecule has 3 heterocycles. The van der Waals surface area contributed by atoms with Gasteiger partial charge in [-0.3, -0.25) is 14.4 Å². The van der Waals surface area contributed by atoms with Gasteiger partial charge in [0, 0.05) is 24.4 Å². The number of hydrogen-bond donors (Lipinski definition) is 1. The van der Waals surface area contributed by atoms with Crippen molar-refractivity contribution in [2.45, 2.75) is 33.5 Å². The molecule has 9 heteroatoms. The molecule has 0 saturated carbocycles. The summed E-state index contributed by atoms with van der Waals surface area (Å²) < 4.78 is 13.4. The Hall–Kier alpha value is -3.10. The van der Waals surface area contributed by atoms with Gasteiger partial charge < -0.3 is 14.5 Å². The second kappa shape index (κ2) is 8.95. The molecule has 0 radical (unpaired) electrons. The van der Waals surface area contributed by atoms with Crippen molar-refractivity contribution >= 4 is 40.9 Å². The number of carbonyl (C=O) groups excluding carboxylic acids is 1. The van der Waals surface area contributed by atoms with Gasteiger partial charge in [0.15, 0.2) is 5.11 Å². The van der Waals surface area contributed by atoms with Gasteiger partial charge in [0.2, 0.25) is 0 Å². The molecule has 7 nitrogen and oxygen atoms in total. The lowest BCUT2D eigenvalue weighted by atomic mass is 10.2. The van der Waals surface area contributed by atoms with Crippen LogP contribution < -0.4 is 10.1 Å². The smallest absolute Gasteiger partial charge is 0.276 e. The zero-order chi connectivity index (χ0) is 22.0. The fourth-order valence-electron chi connectivity index (χ4n) is 3.19. The van der Waals surface area contributed by atoms with E-state index in [1.807, 2.05) is 32.2 Å². The van der Waals surface area contributed by atoms with Crippen LogP contribution in [0.2, 0.25) is 5.02 Å². The normalized spacial score (nSPS) is 15.1. The van der Waals surface area contributed by atoms with Crippen LogP contribution >= 0.6 is 23.8 Å². The molecule has 1 aromatic carbocycles. The molecule has 160 valence electrons. The number of aromatic nitrogens is 2. The Morgan fingerprint density at radius 2 is 2.16 bits per heavy atom.